The molecule has 0 aliphatic heterocycles. The van der Waals surface area contributed by atoms with Gasteiger partial charge in [-0.25, -0.2) is 0 Å². The van der Waals surface area contributed by atoms with E-state index in [1.165, 1.54) is 0 Å². The number of rotatable bonds is 5. The maximum Gasteiger partial charge on any atom is 0.167 e. The van der Waals surface area contributed by atoms with Gasteiger partial charge in [-0.05, 0) is 35.5 Å². The van der Waals surface area contributed by atoms with Crippen molar-refractivity contribution >= 4 is 23.3 Å². The Bertz CT molecular complexity index is 604. The highest BCUT2D eigenvalue weighted by atomic mass is 16.1. The van der Waals surface area contributed by atoms with Gasteiger partial charge in [0.25, 0.3) is 0 Å². The number of carbonyl (C=O) groups excluding carboxylic acids is 2. The van der Waals surface area contributed by atoms with E-state index in [0.29, 0.717) is 24.3 Å². The molecule has 0 heterocycles. The Morgan fingerprint density at radius 2 is 1.74 bits per heavy atom. The number of allylic oxidation sites excluding steroid dienone is 1. The van der Waals surface area contributed by atoms with Crippen LogP contribution in [0.5, 0.6) is 0 Å². The molecular weight excluding hydrogens is 286 g/mol. The van der Waals surface area contributed by atoms with Gasteiger partial charge in [0, 0.05) is 25.1 Å². The second-order valence-electron chi connectivity index (χ2n) is 7.62. The number of hydrogen-bond acceptors (Lipinski definition) is 3. The van der Waals surface area contributed by atoms with Gasteiger partial charge in [-0.15, -0.1) is 0 Å². The van der Waals surface area contributed by atoms with Gasteiger partial charge in [-0.3, -0.25) is 9.59 Å². The molecule has 23 heavy (non-hydrogen) atoms. The Labute approximate surface area is 139 Å². The molecule has 0 bridgehead atoms. The molecule has 3 heteroatoms. The zero-order valence-corrected chi connectivity index (χ0v) is 14.6. The van der Waals surface area contributed by atoms with Crippen LogP contribution in [0.3, 0.4) is 0 Å². The van der Waals surface area contributed by atoms with E-state index in [1.807, 2.05) is 38.1 Å². The van der Waals surface area contributed by atoms with Crippen LogP contribution < -0.4 is 5.32 Å². The van der Waals surface area contributed by atoms with E-state index in [1.54, 1.807) is 6.08 Å². The van der Waals surface area contributed by atoms with Crippen molar-refractivity contribution < 1.29 is 9.59 Å². The summed E-state index contributed by atoms with van der Waals surface area (Å²) in [5, 5.41) is 3.41. The second kappa shape index (κ2) is 7.12. The van der Waals surface area contributed by atoms with Crippen molar-refractivity contribution in [3.63, 3.8) is 0 Å². The summed E-state index contributed by atoms with van der Waals surface area (Å²) in [5.41, 5.74) is 2.02. The van der Waals surface area contributed by atoms with Crippen LogP contribution in [0.2, 0.25) is 0 Å². The first-order chi connectivity index (χ1) is 10.8. The Kier molecular flexibility index (Phi) is 5.40. The first-order valence-corrected chi connectivity index (χ1v) is 8.39. The van der Waals surface area contributed by atoms with Crippen molar-refractivity contribution in [3.05, 3.63) is 35.4 Å². The standard InChI is InChI=1S/C20H27NO2/c1-14(2)9-10-21-17-8-6-5-7-15(17)11-16-18(22)12-20(3,4)13-19(16)23/h5-8,11,14,21H,9-10,12-13H2,1-4H3. The smallest absolute Gasteiger partial charge is 0.167 e. The lowest BCUT2D eigenvalue weighted by molar-refractivity contribution is -0.127. The van der Waals surface area contributed by atoms with Crippen LogP contribution in [0, 0.1) is 11.3 Å². The number of carbonyl (C=O) groups is 2. The van der Waals surface area contributed by atoms with Gasteiger partial charge in [-0.1, -0.05) is 45.9 Å². The Balaban J connectivity index is 2.22. The molecule has 1 aliphatic carbocycles. The zero-order chi connectivity index (χ0) is 17.0. The molecule has 0 radical (unpaired) electrons. The fourth-order valence-electron chi connectivity index (χ4n) is 2.87. The molecule has 1 aromatic carbocycles. The van der Waals surface area contributed by atoms with E-state index >= 15 is 0 Å². The molecule has 0 saturated heterocycles. The van der Waals surface area contributed by atoms with Gasteiger partial charge in [-0.2, -0.15) is 0 Å². The summed E-state index contributed by atoms with van der Waals surface area (Å²) in [5.74, 6) is 0.559. The monoisotopic (exact) mass is 313 g/mol. The lowest BCUT2D eigenvalue weighted by Crippen LogP contribution is -2.31. The van der Waals surface area contributed by atoms with Gasteiger partial charge >= 0.3 is 0 Å². The van der Waals surface area contributed by atoms with Gasteiger partial charge < -0.3 is 5.32 Å². The maximum atomic E-state index is 12.3. The SMILES string of the molecule is CC(C)CCNc1ccccc1C=C1C(=O)CC(C)(C)CC1=O. The van der Waals surface area contributed by atoms with Crippen LogP contribution in [0.25, 0.3) is 6.08 Å². The average Bonchev–Trinajstić information content (AvgIpc) is 2.43. The first kappa shape index (κ1) is 17.5. The number of hydrogen-bond donors (Lipinski definition) is 1. The lowest BCUT2D eigenvalue weighted by Gasteiger charge is -2.28. The summed E-state index contributed by atoms with van der Waals surface area (Å²) >= 11 is 0. The molecular formula is C20H27NO2. The summed E-state index contributed by atoms with van der Waals surface area (Å²) in [7, 11) is 0. The number of anilines is 1. The van der Waals surface area contributed by atoms with Crippen LogP contribution in [-0.4, -0.2) is 18.1 Å². The summed E-state index contributed by atoms with van der Waals surface area (Å²) in [6, 6.07) is 7.84. The van der Waals surface area contributed by atoms with Crippen molar-refractivity contribution in [3.8, 4) is 0 Å². The van der Waals surface area contributed by atoms with Crippen molar-refractivity contribution in [2.75, 3.05) is 11.9 Å². The fraction of sp³-hybridized carbons (Fsp3) is 0.500. The summed E-state index contributed by atoms with van der Waals surface area (Å²) in [4.78, 5) is 24.7. The van der Waals surface area contributed by atoms with Gasteiger partial charge in [0.1, 0.15) is 0 Å². The van der Waals surface area contributed by atoms with E-state index in [2.05, 4.69) is 19.2 Å². The molecule has 0 spiro atoms. The topological polar surface area (TPSA) is 46.2 Å². The molecule has 3 nitrogen and oxygen atoms in total. The van der Waals surface area contributed by atoms with Crippen LogP contribution in [0.4, 0.5) is 5.69 Å². The number of ketones is 2. The highest BCUT2D eigenvalue weighted by Crippen LogP contribution is 2.34. The third-order valence-electron chi connectivity index (χ3n) is 4.18. The van der Waals surface area contributed by atoms with Crippen molar-refractivity contribution in [2.24, 2.45) is 11.3 Å². The predicted octanol–water partition coefficient (Wildman–Crippen LogP) is 4.49. The van der Waals surface area contributed by atoms with E-state index in [-0.39, 0.29) is 17.0 Å². The van der Waals surface area contributed by atoms with Gasteiger partial charge in [0.15, 0.2) is 11.6 Å². The third kappa shape index (κ3) is 4.78. The van der Waals surface area contributed by atoms with E-state index in [9.17, 15) is 9.59 Å². The summed E-state index contributed by atoms with van der Waals surface area (Å²) < 4.78 is 0. The molecule has 1 saturated carbocycles. The van der Waals surface area contributed by atoms with Gasteiger partial charge in [0.05, 0.1) is 5.57 Å². The van der Waals surface area contributed by atoms with Crippen molar-refractivity contribution in [1.82, 2.24) is 0 Å². The molecule has 0 aromatic heterocycles. The minimum absolute atomic E-state index is 0.0387. The molecule has 124 valence electrons. The lowest BCUT2D eigenvalue weighted by atomic mass is 9.74. The number of benzene rings is 1. The third-order valence-corrected chi connectivity index (χ3v) is 4.18. The van der Waals surface area contributed by atoms with E-state index in [0.717, 1.165) is 24.2 Å². The van der Waals surface area contributed by atoms with Crippen LogP contribution in [0.1, 0.15) is 52.5 Å². The summed E-state index contributed by atoms with van der Waals surface area (Å²) in [6.45, 7) is 9.21. The number of Topliss-reactive ketones (excluding diaryl/α,β-unsaturated/α-hetero) is 2. The number of para-hydroxylation sites is 1. The van der Waals surface area contributed by atoms with E-state index in [4.69, 9.17) is 0 Å². The van der Waals surface area contributed by atoms with Crippen molar-refractivity contribution in [2.45, 2.75) is 47.0 Å². The molecule has 0 unspecified atom stereocenters. The minimum atomic E-state index is -0.222. The zero-order valence-electron chi connectivity index (χ0n) is 14.6. The first-order valence-electron chi connectivity index (χ1n) is 8.39. The molecule has 2 rings (SSSR count). The molecule has 1 fully saturated rings. The molecule has 1 N–H and O–H groups in total. The Morgan fingerprint density at radius 3 is 2.35 bits per heavy atom. The van der Waals surface area contributed by atoms with Crippen LogP contribution in [0.15, 0.2) is 29.8 Å². The fourth-order valence-corrected chi connectivity index (χ4v) is 2.87. The van der Waals surface area contributed by atoms with Gasteiger partial charge in [0.2, 0.25) is 0 Å². The van der Waals surface area contributed by atoms with Crippen LogP contribution in [-0.2, 0) is 9.59 Å². The average molecular weight is 313 g/mol. The molecule has 0 amide bonds. The highest BCUT2D eigenvalue weighted by Gasteiger charge is 2.35. The number of nitrogens with one attached hydrogen (secondary N) is 1. The maximum absolute atomic E-state index is 12.3. The second-order valence-corrected chi connectivity index (χ2v) is 7.62. The highest BCUT2D eigenvalue weighted by molar-refractivity contribution is 6.25. The Morgan fingerprint density at radius 1 is 1.13 bits per heavy atom. The predicted molar refractivity (Wildman–Crippen MR) is 95.4 cm³/mol. The van der Waals surface area contributed by atoms with Crippen molar-refractivity contribution in [1.29, 1.82) is 0 Å². The Hall–Kier alpha value is -1.90. The van der Waals surface area contributed by atoms with Crippen LogP contribution >= 0.6 is 0 Å². The quantitative estimate of drug-likeness (QED) is 0.643. The van der Waals surface area contributed by atoms with E-state index < -0.39 is 0 Å². The summed E-state index contributed by atoms with van der Waals surface area (Å²) in [6.07, 6.45) is 3.72. The largest absolute Gasteiger partial charge is 0.385 e. The normalized spacial score (nSPS) is 17.5. The molecule has 1 aliphatic rings. The molecule has 0 atom stereocenters. The minimum Gasteiger partial charge on any atom is -0.385 e. The molecule has 1 aromatic rings.